The summed E-state index contributed by atoms with van der Waals surface area (Å²) in [4.78, 5) is 31.0. The number of benzene rings is 1. The van der Waals surface area contributed by atoms with Gasteiger partial charge in [0.2, 0.25) is 0 Å². The van der Waals surface area contributed by atoms with E-state index < -0.39 is 17.7 Å². The number of rotatable bonds is 6. The molecule has 3 rings (SSSR count). The standard InChI is InChI=1S/C28H37ClN2O4/c1-16-8-14-21(15-9-16)31-26(32)24-17(2)22(19-10-12-20(29)13-11-19)23(18(3)30-24)25(27(33)34-7)35-28(4,5)6/h10-13,16,21,25H,8-9,14-15H2,1-7H3,(H,31,32)/t16?,21?,25-/m0/s1. The third kappa shape index (κ3) is 6.62. The fourth-order valence-corrected chi connectivity index (χ4v) is 4.81. The van der Waals surface area contributed by atoms with Crippen molar-refractivity contribution in [2.24, 2.45) is 5.92 Å². The van der Waals surface area contributed by atoms with E-state index in [1.165, 1.54) is 7.11 Å². The number of esters is 1. The summed E-state index contributed by atoms with van der Waals surface area (Å²) in [6.45, 7) is 11.6. The lowest BCUT2D eigenvalue weighted by Crippen LogP contribution is -2.38. The Morgan fingerprint density at radius 2 is 1.69 bits per heavy atom. The van der Waals surface area contributed by atoms with Crippen molar-refractivity contribution in [1.82, 2.24) is 10.3 Å². The fourth-order valence-electron chi connectivity index (χ4n) is 4.69. The minimum absolute atomic E-state index is 0.144. The van der Waals surface area contributed by atoms with E-state index in [1.54, 1.807) is 19.1 Å². The Labute approximate surface area is 213 Å². The zero-order valence-electron chi connectivity index (χ0n) is 21.8. The molecular formula is C28H37ClN2O4. The van der Waals surface area contributed by atoms with E-state index in [-0.39, 0.29) is 11.9 Å². The van der Waals surface area contributed by atoms with Gasteiger partial charge in [-0.3, -0.25) is 4.79 Å². The molecule has 0 unspecified atom stereocenters. The smallest absolute Gasteiger partial charge is 0.339 e. The first-order valence-electron chi connectivity index (χ1n) is 12.2. The monoisotopic (exact) mass is 500 g/mol. The molecule has 1 saturated carbocycles. The number of carbonyl (C=O) groups is 2. The highest BCUT2D eigenvalue weighted by Crippen LogP contribution is 2.39. The topological polar surface area (TPSA) is 77.5 Å². The van der Waals surface area contributed by atoms with Crippen LogP contribution in [0.3, 0.4) is 0 Å². The number of aromatic nitrogens is 1. The molecule has 0 spiro atoms. The number of hydrogen-bond donors (Lipinski definition) is 1. The van der Waals surface area contributed by atoms with Crippen molar-refractivity contribution in [2.75, 3.05) is 7.11 Å². The number of ether oxygens (including phenoxy) is 2. The first-order valence-corrected chi connectivity index (χ1v) is 12.6. The summed E-state index contributed by atoms with van der Waals surface area (Å²) < 4.78 is 11.3. The minimum atomic E-state index is -1.01. The maximum atomic E-state index is 13.4. The minimum Gasteiger partial charge on any atom is -0.467 e. The van der Waals surface area contributed by atoms with Crippen LogP contribution in [0.4, 0.5) is 0 Å². The van der Waals surface area contributed by atoms with Gasteiger partial charge in [-0.1, -0.05) is 30.7 Å². The van der Waals surface area contributed by atoms with Gasteiger partial charge in [0.05, 0.1) is 12.7 Å². The number of aryl methyl sites for hydroxylation is 1. The number of nitrogens with one attached hydrogen (secondary N) is 1. The Hall–Kier alpha value is -2.44. The van der Waals surface area contributed by atoms with Crippen molar-refractivity contribution in [3.05, 3.63) is 51.8 Å². The molecule has 1 aromatic carbocycles. The summed E-state index contributed by atoms with van der Waals surface area (Å²) in [7, 11) is 1.34. The van der Waals surface area contributed by atoms with Gasteiger partial charge >= 0.3 is 5.97 Å². The number of nitrogens with zero attached hydrogens (tertiary/aromatic N) is 1. The summed E-state index contributed by atoms with van der Waals surface area (Å²) >= 11 is 6.16. The van der Waals surface area contributed by atoms with Gasteiger partial charge in [0, 0.05) is 22.3 Å². The Kier molecular flexibility index (Phi) is 8.60. The average Bonchev–Trinajstić information content (AvgIpc) is 2.79. The van der Waals surface area contributed by atoms with Crippen molar-refractivity contribution in [3.63, 3.8) is 0 Å². The largest absolute Gasteiger partial charge is 0.467 e. The van der Waals surface area contributed by atoms with Crippen LogP contribution in [0.15, 0.2) is 24.3 Å². The summed E-state index contributed by atoms with van der Waals surface area (Å²) in [6, 6.07) is 7.48. The van der Waals surface area contributed by atoms with Gasteiger partial charge in [-0.05, 0) is 95.0 Å². The molecular weight excluding hydrogens is 464 g/mol. The molecule has 1 aliphatic carbocycles. The Morgan fingerprint density at radius 1 is 1.09 bits per heavy atom. The predicted molar refractivity (Wildman–Crippen MR) is 139 cm³/mol. The lowest BCUT2D eigenvalue weighted by atomic mass is 9.87. The SMILES string of the molecule is COC(=O)[C@@H](OC(C)(C)C)c1c(C)nc(C(=O)NC2CCC(C)CC2)c(C)c1-c1ccc(Cl)cc1. The molecule has 1 aromatic heterocycles. The molecule has 1 heterocycles. The fraction of sp³-hybridized carbons (Fsp3) is 0.536. The van der Waals surface area contributed by atoms with E-state index in [9.17, 15) is 9.59 Å². The Morgan fingerprint density at radius 3 is 2.23 bits per heavy atom. The molecule has 1 N–H and O–H groups in total. The Bertz CT molecular complexity index is 1070. The van der Waals surface area contributed by atoms with Gasteiger partial charge in [0.1, 0.15) is 5.69 Å². The number of hydrogen-bond acceptors (Lipinski definition) is 5. The summed E-state index contributed by atoms with van der Waals surface area (Å²) in [5, 5.41) is 3.78. The molecule has 0 aliphatic heterocycles. The molecule has 0 radical (unpaired) electrons. The first kappa shape index (κ1) is 27.2. The number of carbonyl (C=O) groups excluding carboxylic acids is 2. The number of methoxy groups -OCH3 is 1. The number of pyridine rings is 1. The highest BCUT2D eigenvalue weighted by Gasteiger charge is 2.34. The number of amides is 1. The maximum Gasteiger partial charge on any atom is 0.339 e. The third-order valence-electron chi connectivity index (χ3n) is 6.52. The predicted octanol–water partition coefficient (Wildman–Crippen LogP) is 6.36. The normalized spacial score (nSPS) is 19.2. The zero-order chi connectivity index (χ0) is 25.9. The molecule has 6 nitrogen and oxygen atoms in total. The van der Waals surface area contributed by atoms with E-state index in [0.29, 0.717) is 33.5 Å². The molecule has 0 saturated heterocycles. The van der Waals surface area contributed by atoms with Gasteiger partial charge in [-0.25, -0.2) is 9.78 Å². The van der Waals surface area contributed by atoms with Crippen molar-refractivity contribution < 1.29 is 19.1 Å². The van der Waals surface area contributed by atoms with Crippen LogP contribution >= 0.6 is 11.6 Å². The van der Waals surface area contributed by atoms with Crippen LogP contribution in [-0.4, -0.2) is 35.6 Å². The van der Waals surface area contributed by atoms with Crippen molar-refractivity contribution in [3.8, 4) is 11.1 Å². The van der Waals surface area contributed by atoms with Crippen molar-refractivity contribution >= 4 is 23.5 Å². The second-order valence-corrected chi connectivity index (χ2v) is 11.0. The summed E-state index contributed by atoms with van der Waals surface area (Å²) in [5.74, 6) is -0.0228. The van der Waals surface area contributed by atoms with Crippen LogP contribution in [0, 0.1) is 19.8 Å². The van der Waals surface area contributed by atoms with Crippen LogP contribution in [0.2, 0.25) is 5.02 Å². The van der Waals surface area contributed by atoms with Crippen LogP contribution in [0.1, 0.15) is 86.8 Å². The van der Waals surface area contributed by atoms with Gasteiger partial charge in [-0.15, -0.1) is 0 Å². The average molecular weight is 501 g/mol. The lowest BCUT2D eigenvalue weighted by Gasteiger charge is -2.30. The van der Waals surface area contributed by atoms with E-state index in [4.69, 9.17) is 26.1 Å². The van der Waals surface area contributed by atoms with Crippen LogP contribution in [-0.2, 0) is 14.3 Å². The molecule has 1 atom stereocenters. The highest BCUT2D eigenvalue weighted by atomic mass is 35.5. The molecule has 1 amide bonds. The Balaban J connectivity index is 2.15. The van der Waals surface area contributed by atoms with Gasteiger partial charge in [0.25, 0.3) is 5.91 Å². The molecule has 2 aromatic rings. The van der Waals surface area contributed by atoms with Gasteiger partial charge < -0.3 is 14.8 Å². The van der Waals surface area contributed by atoms with Crippen LogP contribution < -0.4 is 5.32 Å². The van der Waals surface area contributed by atoms with E-state index in [2.05, 4.69) is 12.2 Å². The quantitative estimate of drug-likeness (QED) is 0.467. The second-order valence-electron chi connectivity index (χ2n) is 10.5. The summed E-state index contributed by atoms with van der Waals surface area (Å²) in [6.07, 6.45) is 3.15. The third-order valence-corrected chi connectivity index (χ3v) is 6.77. The molecule has 190 valence electrons. The molecule has 1 aliphatic rings. The van der Waals surface area contributed by atoms with Crippen LogP contribution in [0.25, 0.3) is 11.1 Å². The van der Waals surface area contributed by atoms with Crippen molar-refractivity contribution in [2.45, 2.75) is 85.0 Å². The van der Waals surface area contributed by atoms with E-state index in [1.807, 2.05) is 39.8 Å². The molecule has 35 heavy (non-hydrogen) atoms. The van der Waals surface area contributed by atoms with E-state index in [0.717, 1.165) is 36.8 Å². The second kappa shape index (κ2) is 11.1. The number of halogens is 1. The van der Waals surface area contributed by atoms with Crippen LogP contribution in [0.5, 0.6) is 0 Å². The zero-order valence-corrected chi connectivity index (χ0v) is 22.6. The summed E-state index contributed by atoms with van der Waals surface area (Å²) in [5.41, 5.74) is 3.10. The first-order chi connectivity index (χ1) is 16.4. The van der Waals surface area contributed by atoms with E-state index >= 15 is 0 Å². The molecule has 0 bridgehead atoms. The van der Waals surface area contributed by atoms with Gasteiger partial charge in [0.15, 0.2) is 6.10 Å². The highest BCUT2D eigenvalue weighted by molar-refractivity contribution is 6.30. The molecule has 7 heteroatoms. The maximum absolute atomic E-state index is 13.4. The lowest BCUT2D eigenvalue weighted by molar-refractivity contribution is -0.164. The molecule has 1 fully saturated rings. The van der Waals surface area contributed by atoms with Gasteiger partial charge in [-0.2, -0.15) is 0 Å². The van der Waals surface area contributed by atoms with Crippen molar-refractivity contribution in [1.29, 1.82) is 0 Å².